The van der Waals surface area contributed by atoms with Gasteiger partial charge in [0.1, 0.15) is 6.04 Å². The van der Waals surface area contributed by atoms with Gasteiger partial charge in [0.2, 0.25) is 11.8 Å². The topological polar surface area (TPSA) is 70.2 Å². The van der Waals surface area contributed by atoms with E-state index in [1.807, 2.05) is 20.8 Å². The van der Waals surface area contributed by atoms with E-state index < -0.39 is 11.5 Å². The second-order valence-electron chi connectivity index (χ2n) is 6.74. The Morgan fingerprint density at radius 3 is 2.52 bits per heavy atom. The first-order valence-electron chi connectivity index (χ1n) is 7.60. The third-order valence-corrected chi connectivity index (χ3v) is 3.67. The first-order valence-corrected chi connectivity index (χ1v) is 7.60. The van der Waals surface area contributed by atoms with Crippen LogP contribution in [0.1, 0.15) is 47.0 Å². The van der Waals surface area contributed by atoms with Crippen LogP contribution in [0, 0.1) is 11.3 Å². The van der Waals surface area contributed by atoms with Crippen LogP contribution in [-0.4, -0.2) is 37.5 Å². The Labute approximate surface area is 134 Å². The minimum absolute atomic E-state index is 0. The van der Waals surface area contributed by atoms with Crippen molar-refractivity contribution in [3.8, 4) is 0 Å². The van der Waals surface area contributed by atoms with Gasteiger partial charge in [-0.05, 0) is 45.2 Å². The van der Waals surface area contributed by atoms with Crippen molar-refractivity contribution in [2.45, 2.75) is 53.0 Å². The molecule has 0 aromatic rings. The first kappa shape index (κ1) is 20.2. The van der Waals surface area contributed by atoms with Gasteiger partial charge in [-0.2, -0.15) is 0 Å². The second-order valence-corrected chi connectivity index (χ2v) is 6.74. The van der Waals surface area contributed by atoms with Gasteiger partial charge in [-0.1, -0.05) is 20.8 Å². The molecular weight excluding hydrogens is 290 g/mol. The van der Waals surface area contributed by atoms with E-state index in [0.717, 1.165) is 19.5 Å². The molecule has 0 aromatic carbocycles. The molecule has 0 radical (unpaired) electrons. The van der Waals surface area contributed by atoms with Crippen LogP contribution >= 0.6 is 12.4 Å². The van der Waals surface area contributed by atoms with Gasteiger partial charge >= 0.3 is 0 Å². The summed E-state index contributed by atoms with van der Waals surface area (Å²) in [7, 11) is 0. The summed E-state index contributed by atoms with van der Waals surface area (Å²) in [5, 5.41) is 9.02. The Hall–Kier alpha value is -0.810. The summed E-state index contributed by atoms with van der Waals surface area (Å²) in [5.74, 6) is 0.450. The molecule has 1 fully saturated rings. The van der Waals surface area contributed by atoms with Gasteiger partial charge in [0, 0.05) is 12.0 Å². The maximum atomic E-state index is 11.9. The maximum absolute atomic E-state index is 11.9. The zero-order chi connectivity index (χ0) is 15.2. The lowest BCUT2D eigenvalue weighted by molar-refractivity contribution is -0.133. The number of amides is 2. The van der Waals surface area contributed by atoms with Gasteiger partial charge < -0.3 is 16.0 Å². The molecule has 2 atom stereocenters. The van der Waals surface area contributed by atoms with Crippen molar-refractivity contribution >= 4 is 24.2 Å². The predicted molar refractivity (Wildman–Crippen MR) is 87.5 cm³/mol. The summed E-state index contributed by atoms with van der Waals surface area (Å²) in [5.41, 5.74) is -0.470. The Morgan fingerprint density at radius 1 is 1.33 bits per heavy atom. The summed E-state index contributed by atoms with van der Waals surface area (Å²) < 4.78 is 0. The number of piperidine rings is 1. The number of carbonyl (C=O) groups excluding carboxylic acids is 2. The molecule has 2 amide bonds. The van der Waals surface area contributed by atoms with E-state index in [-0.39, 0.29) is 24.2 Å². The van der Waals surface area contributed by atoms with Crippen molar-refractivity contribution < 1.29 is 9.59 Å². The molecule has 0 saturated carbocycles. The van der Waals surface area contributed by atoms with Crippen LogP contribution in [0.2, 0.25) is 0 Å². The van der Waals surface area contributed by atoms with E-state index in [2.05, 4.69) is 16.0 Å². The predicted octanol–water partition coefficient (Wildman–Crippen LogP) is 1.46. The average molecular weight is 320 g/mol. The number of nitrogens with one attached hydrogen (secondary N) is 3. The highest BCUT2D eigenvalue weighted by Gasteiger charge is 2.25. The summed E-state index contributed by atoms with van der Waals surface area (Å²) >= 11 is 0. The number of carbonyl (C=O) groups is 2. The third-order valence-electron chi connectivity index (χ3n) is 3.67. The molecule has 1 saturated heterocycles. The molecule has 3 N–H and O–H groups in total. The van der Waals surface area contributed by atoms with Crippen LogP contribution in [0.25, 0.3) is 0 Å². The molecule has 1 aliphatic rings. The largest absolute Gasteiger partial charge is 0.354 e. The van der Waals surface area contributed by atoms with E-state index >= 15 is 0 Å². The standard InChI is InChI=1S/C15H29N3O2.ClH/c1-11(18-14(20)15(2,3)4)13(19)17-9-7-12-6-5-8-16-10-12;/h11-12,16H,5-10H2,1-4H3,(H,17,19)(H,18,20);1H. The second kappa shape index (κ2) is 9.26. The minimum Gasteiger partial charge on any atom is -0.354 e. The zero-order valence-electron chi connectivity index (χ0n) is 13.6. The smallest absolute Gasteiger partial charge is 0.242 e. The van der Waals surface area contributed by atoms with E-state index in [1.54, 1.807) is 6.92 Å². The third kappa shape index (κ3) is 7.67. The fourth-order valence-corrected chi connectivity index (χ4v) is 2.20. The van der Waals surface area contributed by atoms with Gasteiger partial charge in [0.25, 0.3) is 0 Å². The zero-order valence-corrected chi connectivity index (χ0v) is 14.4. The molecule has 0 aromatic heterocycles. The number of hydrogen-bond acceptors (Lipinski definition) is 3. The lowest BCUT2D eigenvalue weighted by Crippen LogP contribution is -2.48. The van der Waals surface area contributed by atoms with Crippen molar-refractivity contribution in [3.63, 3.8) is 0 Å². The van der Waals surface area contributed by atoms with Crippen molar-refractivity contribution in [3.05, 3.63) is 0 Å². The lowest BCUT2D eigenvalue weighted by Gasteiger charge is -2.24. The van der Waals surface area contributed by atoms with E-state index in [4.69, 9.17) is 0 Å². The van der Waals surface area contributed by atoms with Crippen LogP contribution < -0.4 is 16.0 Å². The van der Waals surface area contributed by atoms with Crippen LogP contribution in [0.5, 0.6) is 0 Å². The summed E-state index contributed by atoms with van der Waals surface area (Å²) in [6, 6.07) is -0.480. The molecule has 6 heteroatoms. The van der Waals surface area contributed by atoms with Gasteiger partial charge in [0.05, 0.1) is 0 Å². The average Bonchev–Trinajstić information content (AvgIpc) is 2.38. The minimum atomic E-state index is -0.480. The van der Waals surface area contributed by atoms with Crippen LogP contribution in [0.15, 0.2) is 0 Å². The summed E-state index contributed by atoms with van der Waals surface area (Å²) in [4.78, 5) is 23.7. The number of rotatable bonds is 5. The Balaban J connectivity index is 0.00000400. The fourth-order valence-electron chi connectivity index (χ4n) is 2.20. The molecule has 0 spiro atoms. The van der Waals surface area contributed by atoms with E-state index in [0.29, 0.717) is 12.5 Å². The van der Waals surface area contributed by atoms with Crippen molar-refractivity contribution in [2.24, 2.45) is 11.3 Å². The SMILES string of the molecule is CC(NC(=O)C(C)(C)C)C(=O)NCCC1CCCNC1.Cl. The number of hydrogen-bond donors (Lipinski definition) is 3. The molecule has 5 nitrogen and oxygen atoms in total. The fraction of sp³-hybridized carbons (Fsp3) is 0.867. The van der Waals surface area contributed by atoms with Crippen LogP contribution in [0.4, 0.5) is 0 Å². The molecule has 1 aliphatic heterocycles. The van der Waals surface area contributed by atoms with Gasteiger partial charge in [0.15, 0.2) is 0 Å². The van der Waals surface area contributed by atoms with E-state index in [9.17, 15) is 9.59 Å². The normalized spacial score (nSPS) is 20.1. The van der Waals surface area contributed by atoms with Crippen molar-refractivity contribution in [1.29, 1.82) is 0 Å². The molecule has 2 unspecified atom stereocenters. The highest BCUT2D eigenvalue weighted by molar-refractivity contribution is 5.89. The lowest BCUT2D eigenvalue weighted by atomic mass is 9.95. The quantitative estimate of drug-likeness (QED) is 0.718. The maximum Gasteiger partial charge on any atom is 0.242 e. The first-order chi connectivity index (χ1) is 9.30. The summed E-state index contributed by atoms with van der Waals surface area (Å²) in [6.45, 7) is 10.1. The Bertz CT molecular complexity index is 336. The summed E-state index contributed by atoms with van der Waals surface area (Å²) in [6.07, 6.45) is 3.45. The van der Waals surface area contributed by atoms with Crippen molar-refractivity contribution in [2.75, 3.05) is 19.6 Å². The highest BCUT2D eigenvalue weighted by Crippen LogP contribution is 2.13. The van der Waals surface area contributed by atoms with Gasteiger partial charge in [-0.25, -0.2) is 0 Å². The molecular formula is C15H30ClN3O2. The molecule has 1 heterocycles. The van der Waals surface area contributed by atoms with Crippen LogP contribution in [0.3, 0.4) is 0 Å². The van der Waals surface area contributed by atoms with Crippen LogP contribution in [-0.2, 0) is 9.59 Å². The van der Waals surface area contributed by atoms with E-state index in [1.165, 1.54) is 12.8 Å². The molecule has 0 aliphatic carbocycles. The number of halogens is 1. The molecule has 1 rings (SSSR count). The monoisotopic (exact) mass is 319 g/mol. The van der Waals surface area contributed by atoms with Gasteiger partial charge in [-0.3, -0.25) is 9.59 Å². The Morgan fingerprint density at radius 2 is 2.00 bits per heavy atom. The van der Waals surface area contributed by atoms with Gasteiger partial charge in [-0.15, -0.1) is 12.4 Å². The van der Waals surface area contributed by atoms with Crippen molar-refractivity contribution in [1.82, 2.24) is 16.0 Å². The highest BCUT2D eigenvalue weighted by atomic mass is 35.5. The molecule has 21 heavy (non-hydrogen) atoms. The Kier molecular flexibility index (Phi) is 8.90. The molecule has 124 valence electrons. The molecule has 0 bridgehead atoms.